The highest BCUT2D eigenvalue weighted by molar-refractivity contribution is 5.80. The fraction of sp³-hybridized carbons (Fsp3) is 0.316. The number of methoxy groups -OCH3 is 2. The summed E-state index contributed by atoms with van der Waals surface area (Å²) < 4.78 is 10.7. The molecule has 4 heteroatoms. The van der Waals surface area contributed by atoms with Crippen LogP contribution in [0.25, 0.3) is 0 Å². The second-order valence-electron chi connectivity index (χ2n) is 5.53. The number of amides is 1. The van der Waals surface area contributed by atoms with Gasteiger partial charge in [0.15, 0.2) is 0 Å². The zero-order chi connectivity index (χ0) is 16.8. The van der Waals surface area contributed by atoms with Gasteiger partial charge in [0.1, 0.15) is 11.5 Å². The zero-order valence-corrected chi connectivity index (χ0v) is 14.1. The van der Waals surface area contributed by atoms with E-state index in [9.17, 15) is 4.79 Å². The van der Waals surface area contributed by atoms with Gasteiger partial charge in [0.2, 0.25) is 5.91 Å². The van der Waals surface area contributed by atoms with Crippen LogP contribution in [0.15, 0.2) is 36.4 Å². The maximum Gasteiger partial charge on any atom is 0.224 e. The second-order valence-corrected chi connectivity index (χ2v) is 5.53. The summed E-state index contributed by atoms with van der Waals surface area (Å²) in [5.74, 6) is 1.49. The van der Waals surface area contributed by atoms with Crippen molar-refractivity contribution in [3.05, 3.63) is 58.7 Å². The van der Waals surface area contributed by atoms with Gasteiger partial charge >= 0.3 is 0 Å². The molecule has 0 saturated carbocycles. The predicted molar refractivity (Wildman–Crippen MR) is 91.0 cm³/mol. The lowest BCUT2D eigenvalue weighted by Crippen LogP contribution is -2.25. The molecule has 1 amide bonds. The largest absolute Gasteiger partial charge is 0.496 e. The Bertz CT molecular complexity index is 695. The van der Waals surface area contributed by atoms with E-state index in [0.29, 0.717) is 13.0 Å². The van der Waals surface area contributed by atoms with E-state index < -0.39 is 0 Å². The molecule has 0 spiro atoms. The summed E-state index contributed by atoms with van der Waals surface area (Å²) in [5.41, 5.74) is 4.07. The van der Waals surface area contributed by atoms with Crippen LogP contribution < -0.4 is 14.8 Å². The van der Waals surface area contributed by atoms with E-state index in [2.05, 4.69) is 11.4 Å². The molecule has 0 aromatic heterocycles. The van der Waals surface area contributed by atoms with Crippen LogP contribution >= 0.6 is 0 Å². The van der Waals surface area contributed by atoms with Crippen LogP contribution in [0.5, 0.6) is 11.5 Å². The van der Waals surface area contributed by atoms with Gasteiger partial charge in [0, 0.05) is 17.7 Å². The molecule has 0 aliphatic carbocycles. The molecular weight excluding hydrogens is 290 g/mol. The molecule has 0 aliphatic rings. The van der Waals surface area contributed by atoms with E-state index in [0.717, 1.165) is 33.8 Å². The molecule has 2 aromatic carbocycles. The number of carbonyl (C=O) groups is 1. The summed E-state index contributed by atoms with van der Waals surface area (Å²) in [7, 11) is 3.26. The Morgan fingerprint density at radius 2 is 1.74 bits per heavy atom. The molecule has 0 bridgehead atoms. The fourth-order valence-corrected chi connectivity index (χ4v) is 2.63. The highest BCUT2D eigenvalue weighted by Gasteiger charge is 2.13. The van der Waals surface area contributed by atoms with Gasteiger partial charge in [0.25, 0.3) is 0 Å². The average Bonchev–Trinajstić information content (AvgIpc) is 2.55. The van der Waals surface area contributed by atoms with E-state index in [1.807, 2.05) is 44.2 Å². The Balaban J connectivity index is 2.06. The Morgan fingerprint density at radius 1 is 1.04 bits per heavy atom. The van der Waals surface area contributed by atoms with Crippen molar-refractivity contribution >= 4 is 5.91 Å². The molecule has 0 heterocycles. The van der Waals surface area contributed by atoms with Crippen molar-refractivity contribution in [1.82, 2.24) is 5.32 Å². The van der Waals surface area contributed by atoms with Gasteiger partial charge in [-0.1, -0.05) is 24.3 Å². The van der Waals surface area contributed by atoms with Crippen molar-refractivity contribution in [2.75, 3.05) is 14.2 Å². The monoisotopic (exact) mass is 313 g/mol. The van der Waals surface area contributed by atoms with Crippen molar-refractivity contribution in [3.63, 3.8) is 0 Å². The maximum atomic E-state index is 12.3. The van der Waals surface area contributed by atoms with Crippen molar-refractivity contribution in [1.29, 1.82) is 0 Å². The van der Waals surface area contributed by atoms with Gasteiger partial charge in [-0.3, -0.25) is 4.79 Å². The third-order valence-corrected chi connectivity index (χ3v) is 3.80. The number of benzene rings is 2. The number of nitrogens with one attached hydrogen (secondary N) is 1. The first-order valence-electron chi connectivity index (χ1n) is 7.58. The van der Waals surface area contributed by atoms with Crippen molar-refractivity contribution < 1.29 is 14.3 Å². The van der Waals surface area contributed by atoms with E-state index >= 15 is 0 Å². The molecule has 122 valence electrons. The lowest BCUT2D eigenvalue weighted by molar-refractivity contribution is -0.120. The summed E-state index contributed by atoms with van der Waals surface area (Å²) in [6.07, 6.45) is 0.296. The third-order valence-electron chi connectivity index (χ3n) is 3.80. The van der Waals surface area contributed by atoms with Crippen LogP contribution in [0.3, 0.4) is 0 Å². The van der Waals surface area contributed by atoms with Crippen LogP contribution in [0.1, 0.15) is 22.3 Å². The first-order chi connectivity index (χ1) is 11.0. The zero-order valence-electron chi connectivity index (χ0n) is 14.1. The standard InChI is InChI=1S/C19H23NO3/c1-13-9-14(2)16(18(10-13)23-4)11-19(21)20-12-15-7-5-6-8-17(15)22-3/h5-10H,11-12H2,1-4H3,(H,20,21). The lowest BCUT2D eigenvalue weighted by Gasteiger charge is -2.14. The molecule has 2 aromatic rings. The molecule has 0 aliphatic heterocycles. The number of hydrogen-bond donors (Lipinski definition) is 1. The summed E-state index contributed by atoms with van der Waals surface area (Å²) in [5, 5.41) is 2.94. The average molecular weight is 313 g/mol. The van der Waals surface area contributed by atoms with Crippen LogP contribution in [0, 0.1) is 13.8 Å². The van der Waals surface area contributed by atoms with Crippen LogP contribution in [-0.2, 0) is 17.8 Å². The second kappa shape index (κ2) is 7.68. The smallest absolute Gasteiger partial charge is 0.224 e. The Labute approximate surface area is 137 Å². The summed E-state index contributed by atoms with van der Waals surface area (Å²) in [4.78, 5) is 12.3. The molecule has 23 heavy (non-hydrogen) atoms. The topological polar surface area (TPSA) is 47.6 Å². The van der Waals surface area contributed by atoms with Crippen LogP contribution in [0.2, 0.25) is 0 Å². The number of rotatable bonds is 6. The predicted octanol–water partition coefficient (Wildman–Crippen LogP) is 3.18. The molecule has 0 atom stereocenters. The molecular formula is C19H23NO3. The number of ether oxygens (including phenoxy) is 2. The molecule has 2 rings (SSSR count). The van der Waals surface area contributed by atoms with Gasteiger partial charge in [-0.05, 0) is 37.1 Å². The molecule has 4 nitrogen and oxygen atoms in total. The number of para-hydroxylation sites is 1. The minimum absolute atomic E-state index is 0.0406. The lowest BCUT2D eigenvalue weighted by atomic mass is 10.0. The fourth-order valence-electron chi connectivity index (χ4n) is 2.63. The van der Waals surface area contributed by atoms with E-state index in [1.165, 1.54) is 0 Å². The Hall–Kier alpha value is -2.49. The normalized spacial score (nSPS) is 10.3. The molecule has 0 unspecified atom stereocenters. The Morgan fingerprint density at radius 3 is 2.43 bits per heavy atom. The minimum Gasteiger partial charge on any atom is -0.496 e. The minimum atomic E-state index is -0.0406. The highest BCUT2D eigenvalue weighted by Crippen LogP contribution is 2.24. The van der Waals surface area contributed by atoms with Gasteiger partial charge in [-0.2, -0.15) is 0 Å². The summed E-state index contributed by atoms with van der Waals surface area (Å²) in [6.45, 7) is 4.45. The van der Waals surface area contributed by atoms with Crippen molar-refractivity contribution in [2.24, 2.45) is 0 Å². The SMILES string of the molecule is COc1ccccc1CNC(=O)Cc1c(C)cc(C)cc1OC. The molecule has 1 N–H and O–H groups in total. The summed E-state index contributed by atoms with van der Waals surface area (Å²) >= 11 is 0. The van der Waals surface area contributed by atoms with Crippen LogP contribution in [-0.4, -0.2) is 20.1 Å². The molecule has 0 saturated heterocycles. The Kier molecular flexibility index (Phi) is 5.63. The van der Waals surface area contributed by atoms with Gasteiger partial charge < -0.3 is 14.8 Å². The van der Waals surface area contributed by atoms with E-state index in [4.69, 9.17) is 9.47 Å². The number of hydrogen-bond acceptors (Lipinski definition) is 3. The maximum absolute atomic E-state index is 12.3. The first kappa shape index (κ1) is 16.9. The van der Waals surface area contributed by atoms with Gasteiger partial charge in [-0.25, -0.2) is 0 Å². The van der Waals surface area contributed by atoms with E-state index in [-0.39, 0.29) is 5.91 Å². The van der Waals surface area contributed by atoms with E-state index in [1.54, 1.807) is 14.2 Å². The summed E-state index contributed by atoms with van der Waals surface area (Å²) in [6, 6.07) is 11.7. The quantitative estimate of drug-likeness (QED) is 0.891. The number of aryl methyl sites for hydroxylation is 2. The molecule has 0 fully saturated rings. The van der Waals surface area contributed by atoms with Crippen molar-refractivity contribution in [2.45, 2.75) is 26.8 Å². The molecule has 0 radical (unpaired) electrons. The first-order valence-corrected chi connectivity index (χ1v) is 7.58. The van der Waals surface area contributed by atoms with Gasteiger partial charge in [-0.15, -0.1) is 0 Å². The van der Waals surface area contributed by atoms with Gasteiger partial charge in [0.05, 0.1) is 20.6 Å². The number of carbonyl (C=O) groups excluding carboxylic acids is 1. The van der Waals surface area contributed by atoms with Crippen LogP contribution in [0.4, 0.5) is 0 Å². The highest BCUT2D eigenvalue weighted by atomic mass is 16.5. The third kappa shape index (κ3) is 4.25. The van der Waals surface area contributed by atoms with Crippen molar-refractivity contribution in [3.8, 4) is 11.5 Å².